The molecule has 2 unspecified atom stereocenters. The van der Waals surface area contributed by atoms with Crippen LogP contribution in [0.5, 0.6) is 0 Å². The minimum absolute atomic E-state index is 0.239. The Hall–Kier alpha value is -2.02. The van der Waals surface area contributed by atoms with Crippen LogP contribution in [-0.2, 0) is 16.1 Å². The second kappa shape index (κ2) is 6.42. The number of carbonyl (C=O) groups excluding carboxylic acids is 1. The van der Waals surface area contributed by atoms with E-state index in [1.165, 1.54) is 4.90 Å². The Morgan fingerprint density at radius 1 is 1.50 bits per heavy atom. The Morgan fingerprint density at radius 3 is 2.90 bits per heavy atom. The van der Waals surface area contributed by atoms with Crippen molar-refractivity contribution < 1.29 is 23.8 Å². The molecule has 0 aliphatic carbocycles. The summed E-state index contributed by atoms with van der Waals surface area (Å²) < 4.78 is 10.5. The Morgan fingerprint density at radius 2 is 2.30 bits per heavy atom. The smallest absolute Gasteiger partial charge is 0.332 e. The summed E-state index contributed by atoms with van der Waals surface area (Å²) in [6.45, 7) is 0.688. The third kappa shape index (κ3) is 3.74. The summed E-state index contributed by atoms with van der Waals surface area (Å²) in [5.74, 6) is -0.250. The number of hydrogen-bond acceptors (Lipinski definition) is 4. The van der Waals surface area contributed by atoms with Crippen molar-refractivity contribution in [3.8, 4) is 0 Å². The molecule has 1 aliphatic heterocycles. The normalized spacial score (nSPS) is 21.6. The number of nitrogens with zero attached hydrogens (tertiary/aromatic N) is 1. The Kier molecular flexibility index (Phi) is 4.62. The van der Waals surface area contributed by atoms with Crippen LogP contribution in [0.2, 0.25) is 0 Å². The third-order valence-corrected chi connectivity index (χ3v) is 3.18. The molecule has 2 atom stereocenters. The lowest BCUT2D eigenvalue weighted by atomic mass is 10.2. The van der Waals surface area contributed by atoms with Gasteiger partial charge in [-0.25, -0.2) is 9.59 Å². The number of rotatable bonds is 5. The molecule has 110 valence electrons. The molecule has 0 radical (unpaired) electrons. The van der Waals surface area contributed by atoms with Crippen molar-refractivity contribution in [3.63, 3.8) is 0 Å². The molecular formula is C13H18N2O5. The van der Waals surface area contributed by atoms with E-state index < -0.39 is 12.1 Å². The molecule has 1 aliphatic rings. The van der Waals surface area contributed by atoms with E-state index in [2.05, 4.69) is 5.32 Å². The summed E-state index contributed by atoms with van der Waals surface area (Å²) in [7, 11) is 1.66. The van der Waals surface area contributed by atoms with E-state index in [0.717, 1.165) is 0 Å². The highest BCUT2D eigenvalue weighted by atomic mass is 16.5. The van der Waals surface area contributed by atoms with Gasteiger partial charge in [0.15, 0.2) is 6.10 Å². The topological polar surface area (TPSA) is 92.0 Å². The van der Waals surface area contributed by atoms with Gasteiger partial charge >= 0.3 is 12.0 Å². The molecule has 20 heavy (non-hydrogen) atoms. The first-order chi connectivity index (χ1) is 9.56. The number of amides is 2. The molecule has 7 heteroatoms. The van der Waals surface area contributed by atoms with Crippen LogP contribution < -0.4 is 5.32 Å². The van der Waals surface area contributed by atoms with E-state index in [1.54, 1.807) is 25.4 Å². The predicted molar refractivity (Wildman–Crippen MR) is 69.1 cm³/mol. The van der Waals surface area contributed by atoms with Gasteiger partial charge in [-0.15, -0.1) is 0 Å². The minimum Gasteiger partial charge on any atom is -0.479 e. The first-order valence-electron chi connectivity index (χ1n) is 6.46. The fraction of sp³-hybridized carbons (Fsp3) is 0.538. The van der Waals surface area contributed by atoms with Gasteiger partial charge in [-0.1, -0.05) is 0 Å². The van der Waals surface area contributed by atoms with E-state index in [-0.39, 0.29) is 12.1 Å². The lowest BCUT2D eigenvalue weighted by Crippen LogP contribution is -2.40. The van der Waals surface area contributed by atoms with Crippen molar-refractivity contribution in [2.75, 3.05) is 13.6 Å². The molecule has 0 saturated carbocycles. The van der Waals surface area contributed by atoms with E-state index in [0.29, 0.717) is 31.7 Å². The van der Waals surface area contributed by atoms with E-state index in [4.69, 9.17) is 14.3 Å². The first-order valence-corrected chi connectivity index (χ1v) is 6.46. The number of carbonyl (C=O) groups is 2. The standard InChI is InChI=1S/C13H18N2O5/c1-15(8-10-3-2-6-19-10)13(18)14-7-9-4-5-11(20-9)12(16)17/h2-3,6,9,11H,4-5,7-8H2,1H3,(H,14,18)(H,16,17). The maximum absolute atomic E-state index is 11.8. The molecule has 2 amide bonds. The quantitative estimate of drug-likeness (QED) is 0.842. The monoisotopic (exact) mass is 282 g/mol. The number of aliphatic carboxylic acids is 1. The van der Waals surface area contributed by atoms with Crippen molar-refractivity contribution in [2.24, 2.45) is 0 Å². The van der Waals surface area contributed by atoms with Crippen LogP contribution in [0.25, 0.3) is 0 Å². The number of furan rings is 1. The van der Waals surface area contributed by atoms with Gasteiger partial charge in [0.25, 0.3) is 0 Å². The number of urea groups is 1. The summed E-state index contributed by atoms with van der Waals surface area (Å²) in [4.78, 5) is 24.1. The number of carboxylic acid groups (broad SMARTS) is 1. The molecule has 1 fully saturated rings. The van der Waals surface area contributed by atoms with Crippen LogP contribution in [0.15, 0.2) is 22.8 Å². The van der Waals surface area contributed by atoms with Gasteiger partial charge in [0, 0.05) is 13.6 Å². The van der Waals surface area contributed by atoms with Crippen LogP contribution >= 0.6 is 0 Å². The summed E-state index contributed by atoms with van der Waals surface area (Å²) in [6.07, 6.45) is 1.69. The molecule has 2 heterocycles. The second-order valence-corrected chi connectivity index (χ2v) is 4.78. The Labute approximate surface area is 116 Å². The fourth-order valence-electron chi connectivity index (χ4n) is 2.08. The highest BCUT2D eigenvalue weighted by Crippen LogP contribution is 2.19. The van der Waals surface area contributed by atoms with Gasteiger partial charge in [-0.2, -0.15) is 0 Å². The van der Waals surface area contributed by atoms with E-state index >= 15 is 0 Å². The van der Waals surface area contributed by atoms with Crippen LogP contribution in [0.4, 0.5) is 4.79 Å². The van der Waals surface area contributed by atoms with E-state index in [9.17, 15) is 9.59 Å². The van der Waals surface area contributed by atoms with Gasteiger partial charge < -0.3 is 24.5 Å². The van der Waals surface area contributed by atoms with Crippen LogP contribution in [0, 0.1) is 0 Å². The van der Waals surface area contributed by atoms with Gasteiger partial charge in [-0.05, 0) is 25.0 Å². The highest BCUT2D eigenvalue weighted by Gasteiger charge is 2.30. The zero-order valence-electron chi connectivity index (χ0n) is 11.2. The van der Waals surface area contributed by atoms with Gasteiger partial charge in [-0.3, -0.25) is 0 Å². The second-order valence-electron chi connectivity index (χ2n) is 4.78. The van der Waals surface area contributed by atoms with Crippen LogP contribution in [0.1, 0.15) is 18.6 Å². The largest absolute Gasteiger partial charge is 0.479 e. The van der Waals surface area contributed by atoms with Crippen LogP contribution in [-0.4, -0.2) is 47.8 Å². The van der Waals surface area contributed by atoms with Gasteiger partial charge in [0.1, 0.15) is 5.76 Å². The average Bonchev–Trinajstić information content (AvgIpc) is 3.06. The lowest BCUT2D eigenvalue weighted by molar-refractivity contribution is -0.149. The predicted octanol–water partition coefficient (Wildman–Crippen LogP) is 1.05. The minimum atomic E-state index is -0.950. The number of ether oxygens (including phenoxy) is 1. The molecule has 1 aromatic heterocycles. The zero-order chi connectivity index (χ0) is 14.5. The average molecular weight is 282 g/mol. The van der Waals surface area contributed by atoms with E-state index in [1.807, 2.05) is 0 Å². The molecule has 0 aromatic carbocycles. The van der Waals surface area contributed by atoms with Crippen LogP contribution in [0.3, 0.4) is 0 Å². The molecule has 2 N–H and O–H groups in total. The molecule has 1 saturated heterocycles. The summed E-state index contributed by atoms with van der Waals surface area (Å²) in [6, 6.07) is 3.31. The first kappa shape index (κ1) is 14.4. The highest BCUT2D eigenvalue weighted by molar-refractivity contribution is 5.74. The molecule has 1 aromatic rings. The van der Waals surface area contributed by atoms with Crippen molar-refractivity contribution in [3.05, 3.63) is 24.2 Å². The summed E-state index contributed by atoms with van der Waals surface area (Å²) in [5, 5.41) is 11.5. The van der Waals surface area contributed by atoms with Crippen molar-refractivity contribution >= 4 is 12.0 Å². The van der Waals surface area contributed by atoms with Crippen molar-refractivity contribution in [2.45, 2.75) is 31.6 Å². The fourth-order valence-corrected chi connectivity index (χ4v) is 2.08. The van der Waals surface area contributed by atoms with Gasteiger partial charge in [0.2, 0.25) is 0 Å². The van der Waals surface area contributed by atoms with Gasteiger partial charge in [0.05, 0.1) is 18.9 Å². The molecule has 0 spiro atoms. The molecule has 7 nitrogen and oxygen atoms in total. The number of nitrogens with one attached hydrogen (secondary N) is 1. The molecule has 2 rings (SSSR count). The Bertz CT molecular complexity index is 459. The lowest BCUT2D eigenvalue weighted by Gasteiger charge is -2.18. The van der Waals surface area contributed by atoms with Crippen molar-refractivity contribution in [1.29, 1.82) is 0 Å². The zero-order valence-corrected chi connectivity index (χ0v) is 11.2. The van der Waals surface area contributed by atoms with Crippen molar-refractivity contribution in [1.82, 2.24) is 10.2 Å². The maximum Gasteiger partial charge on any atom is 0.332 e. The SMILES string of the molecule is CN(Cc1ccco1)C(=O)NCC1CCC(C(=O)O)O1. The third-order valence-electron chi connectivity index (χ3n) is 3.18. The number of carboxylic acids is 1. The number of hydrogen-bond donors (Lipinski definition) is 2. The summed E-state index contributed by atoms with van der Waals surface area (Å²) >= 11 is 0. The molecular weight excluding hydrogens is 264 g/mol. The summed E-state index contributed by atoms with van der Waals surface area (Å²) in [5.41, 5.74) is 0. The molecule has 0 bridgehead atoms. The Balaban J connectivity index is 1.71. The maximum atomic E-state index is 11.8.